The van der Waals surface area contributed by atoms with Gasteiger partial charge in [-0.05, 0) is 31.4 Å². The lowest BCUT2D eigenvalue weighted by atomic mass is 10.1. The van der Waals surface area contributed by atoms with Crippen molar-refractivity contribution in [2.45, 2.75) is 142 Å². The minimum Gasteiger partial charge on any atom is -1.00 e. The van der Waals surface area contributed by atoms with Gasteiger partial charge in [-0.1, -0.05) is 122 Å². The molecule has 1 saturated heterocycles. The lowest BCUT2D eigenvalue weighted by Crippen LogP contribution is -3.00. The number of quaternary nitrogens is 1. The van der Waals surface area contributed by atoms with Crippen LogP contribution in [0.1, 0.15) is 142 Å². The first kappa shape index (κ1) is 39.9. The van der Waals surface area contributed by atoms with Gasteiger partial charge in [0.1, 0.15) is 5.69 Å². The van der Waals surface area contributed by atoms with E-state index < -0.39 is 0 Å². The van der Waals surface area contributed by atoms with Gasteiger partial charge in [0.25, 0.3) is 0 Å². The van der Waals surface area contributed by atoms with Crippen LogP contribution < -0.4 is 16.9 Å². The lowest BCUT2D eigenvalue weighted by Gasteiger charge is -2.41. The van der Waals surface area contributed by atoms with Crippen LogP contribution in [0.2, 0.25) is 0 Å². The van der Waals surface area contributed by atoms with Crippen molar-refractivity contribution in [3.05, 3.63) is 30.3 Å². The quantitative estimate of drug-likeness (QED) is 0.0740. The number of carbonyl (C=O) groups excluding carboxylic acids is 1. The number of halogens is 1. The molecule has 5 nitrogen and oxygen atoms in total. The summed E-state index contributed by atoms with van der Waals surface area (Å²) in [5.41, 5.74) is 1.31. The topological polar surface area (TPSA) is 38.8 Å². The van der Waals surface area contributed by atoms with E-state index in [0.29, 0.717) is 12.3 Å². The molecule has 43 heavy (non-hydrogen) atoms. The van der Waals surface area contributed by atoms with E-state index in [1.165, 1.54) is 108 Å². The first-order valence-corrected chi connectivity index (χ1v) is 18.1. The second-order valence-corrected chi connectivity index (χ2v) is 12.7. The third-order valence-electron chi connectivity index (χ3n) is 8.95. The number of hydrogen-bond acceptors (Lipinski definition) is 3. The molecule has 1 aliphatic heterocycles. The molecule has 1 heterocycles. The van der Waals surface area contributed by atoms with Crippen LogP contribution in [0.25, 0.3) is 0 Å². The zero-order chi connectivity index (χ0) is 30.0. The highest BCUT2D eigenvalue weighted by Gasteiger charge is 2.35. The van der Waals surface area contributed by atoms with E-state index >= 15 is 0 Å². The summed E-state index contributed by atoms with van der Waals surface area (Å²) in [6, 6.07) is 10.9. The van der Waals surface area contributed by atoms with Gasteiger partial charge in [0, 0.05) is 39.0 Å². The molecule has 1 aromatic carbocycles. The molecule has 6 heteroatoms. The third-order valence-corrected chi connectivity index (χ3v) is 8.95. The molecule has 0 bridgehead atoms. The Morgan fingerprint density at radius 1 is 0.628 bits per heavy atom. The number of para-hydroxylation sites is 1. The Morgan fingerprint density at radius 2 is 1.07 bits per heavy atom. The highest BCUT2D eigenvalue weighted by atomic mass is 35.5. The predicted molar refractivity (Wildman–Crippen MR) is 180 cm³/mol. The number of unbranched alkanes of at least 4 members (excludes halogenated alkanes) is 14. The molecule has 1 fully saturated rings. The summed E-state index contributed by atoms with van der Waals surface area (Å²) < 4.78 is 13.0. The Balaban J connectivity index is 0.00000924. The molecule has 0 saturated carbocycles. The molecule has 1 aliphatic rings. The van der Waals surface area contributed by atoms with Crippen LogP contribution >= 0.6 is 0 Å². The smallest absolute Gasteiger partial charge is 0.226 e. The fourth-order valence-corrected chi connectivity index (χ4v) is 6.34. The molecule has 0 N–H and O–H groups in total. The van der Waals surface area contributed by atoms with Crippen LogP contribution in [0, 0.1) is 0 Å². The van der Waals surface area contributed by atoms with Gasteiger partial charge < -0.3 is 21.9 Å². The largest absolute Gasteiger partial charge is 1.00 e. The van der Waals surface area contributed by atoms with Crippen LogP contribution in [-0.4, -0.2) is 63.5 Å². The SMILES string of the molecule is CCCCCCCCCCOCCC[N+](CCCOCCCCCCCCCC)(CN1CCCC1=O)c1ccccc1.[Cl-]. The normalized spacial score (nSPS) is 13.5. The number of amides is 1. The van der Waals surface area contributed by atoms with Crippen molar-refractivity contribution in [2.75, 3.05) is 52.7 Å². The number of ether oxygens (including phenoxy) is 2. The van der Waals surface area contributed by atoms with Gasteiger partial charge in [-0.15, -0.1) is 0 Å². The summed E-state index contributed by atoms with van der Waals surface area (Å²) in [6.07, 6.45) is 25.0. The van der Waals surface area contributed by atoms with E-state index in [1.807, 2.05) is 0 Å². The van der Waals surface area contributed by atoms with Gasteiger partial charge in [-0.3, -0.25) is 14.2 Å². The van der Waals surface area contributed by atoms with Gasteiger partial charge in [-0.25, -0.2) is 0 Å². The number of rotatable bonds is 29. The molecule has 2 rings (SSSR count). The average Bonchev–Trinajstić information content (AvgIpc) is 3.42. The molecule has 0 atom stereocenters. The second kappa shape index (κ2) is 27.2. The van der Waals surface area contributed by atoms with Crippen LogP contribution in [0.4, 0.5) is 5.69 Å². The fraction of sp³-hybridized carbons (Fsp3) is 0.811. The molecule has 0 aromatic heterocycles. The van der Waals surface area contributed by atoms with Crippen LogP contribution in [-0.2, 0) is 14.3 Å². The standard InChI is InChI=1S/C37H67N2O3.ClH/c1-3-5-7-9-11-13-15-20-31-41-33-23-29-39(36-25-18-17-19-26-36,35-38-28-22-27-37(38)40)30-24-34-42-32-21-16-14-12-10-8-6-4-2;/h17-19,25-26H,3-16,20-24,27-35H2,1-2H3;1H/q+1;/p-1. The highest BCUT2D eigenvalue weighted by molar-refractivity contribution is 5.78. The van der Waals surface area contributed by atoms with Crippen molar-refractivity contribution in [3.63, 3.8) is 0 Å². The fourth-order valence-electron chi connectivity index (χ4n) is 6.34. The second-order valence-electron chi connectivity index (χ2n) is 12.7. The van der Waals surface area contributed by atoms with Gasteiger partial charge in [0.15, 0.2) is 6.67 Å². The van der Waals surface area contributed by atoms with Gasteiger partial charge >= 0.3 is 0 Å². The van der Waals surface area contributed by atoms with Gasteiger partial charge in [0.2, 0.25) is 5.91 Å². The minimum atomic E-state index is 0. The molecule has 0 radical (unpaired) electrons. The van der Waals surface area contributed by atoms with Crippen molar-refractivity contribution in [1.29, 1.82) is 0 Å². The monoisotopic (exact) mass is 622 g/mol. The van der Waals surface area contributed by atoms with E-state index in [1.54, 1.807) is 0 Å². The summed E-state index contributed by atoms with van der Waals surface area (Å²) in [5, 5.41) is 0. The maximum atomic E-state index is 12.7. The zero-order valence-corrected chi connectivity index (χ0v) is 28.9. The maximum absolute atomic E-state index is 12.7. The van der Waals surface area contributed by atoms with Crippen molar-refractivity contribution in [1.82, 2.24) is 9.38 Å². The Labute approximate surface area is 272 Å². The summed E-state index contributed by atoms with van der Waals surface area (Å²) in [7, 11) is 0. The summed E-state index contributed by atoms with van der Waals surface area (Å²) in [5.74, 6) is 0.310. The molecule has 250 valence electrons. The van der Waals surface area contributed by atoms with E-state index in [-0.39, 0.29) is 12.4 Å². The summed E-state index contributed by atoms with van der Waals surface area (Å²) in [6.45, 7) is 11.5. The number of hydrogen-bond donors (Lipinski definition) is 0. The van der Waals surface area contributed by atoms with Crippen molar-refractivity contribution < 1.29 is 26.7 Å². The van der Waals surface area contributed by atoms with Crippen LogP contribution in [0.5, 0.6) is 0 Å². The Hall–Kier alpha value is -1.14. The van der Waals surface area contributed by atoms with Crippen molar-refractivity contribution in [2.24, 2.45) is 0 Å². The molecule has 0 aliphatic carbocycles. The van der Waals surface area contributed by atoms with Crippen LogP contribution in [0.3, 0.4) is 0 Å². The van der Waals surface area contributed by atoms with Crippen LogP contribution in [0.15, 0.2) is 30.3 Å². The predicted octanol–water partition coefficient (Wildman–Crippen LogP) is 6.67. The average molecular weight is 623 g/mol. The van der Waals surface area contributed by atoms with Gasteiger partial charge in [-0.2, -0.15) is 0 Å². The summed E-state index contributed by atoms with van der Waals surface area (Å²) in [4.78, 5) is 14.8. The van der Waals surface area contributed by atoms with E-state index in [9.17, 15) is 4.79 Å². The molecular formula is C37H67ClN2O3. The van der Waals surface area contributed by atoms with Crippen molar-refractivity contribution >= 4 is 11.6 Å². The Morgan fingerprint density at radius 3 is 1.51 bits per heavy atom. The first-order valence-electron chi connectivity index (χ1n) is 18.1. The molecule has 0 unspecified atom stereocenters. The van der Waals surface area contributed by atoms with E-state index in [0.717, 1.165) is 76.5 Å². The van der Waals surface area contributed by atoms with Gasteiger partial charge in [0.05, 0.1) is 26.3 Å². The van der Waals surface area contributed by atoms with E-state index in [4.69, 9.17) is 9.47 Å². The number of carbonyl (C=O) groups is 1. The zero-order valence-electron chi connectivity index (χ0n) is 28.2. The summed E-state index contributed by atoms with van der Waals surface area (Å²) >= 11 is 0. The van der Waals surface area contributed by atoms with E-state index in [2.05, 4.69) is 49.1 Å². The highest BCUT2D eigenvalue weighted by Crippen LogP contribution is 2.27. The minimum absolute atomic E-state index is 0. The third kappa shape index (κ3) is 18.4. The maximum Gasteiger partial charge on any atom is 0.226 e. The van der Waals surface area contributed by atoms with Crippen molar-refractivity contribution in [3.8, 4) is 0 Å². The molecular weight excluding hydrogens is 556 g/mol. The molecule has 1 amide bonds. The number of benzene rings is 1. The molecule has 1 aromatic rings. The number of nitrogens with zero attached hydrogens (tertiary/aromatic N) is 2. The Bertz CT molecular complexity index is 735. The first-order chi connectivity index (χ1) is 20.7. The number of likely N-dealkylation sites (tertiary alicyclic amines) is 1. The Kier molecular flexibility index (Phi) is 25.2. The molecule has 0 spiro atoms. The lowest BCUT2D eigenvalue weighted by molar-refractivity contribution is -0.129.